The first kappa shape index (κ1) is 13.9. The molecule has 102 valence electrons. The summed E-state index contributed by atoms with van der Waals surface area (Å²) in [6.07, 6.45) is 2.60. The van der Waals surface area contributed by atoms with Crippen molar-refractivity contribution in [3.8, 4) is 0 Å². The van der Waals surface area contributed by atoms with Gasteiger partial charge in [0.2, 0.25) is 0 Å². The topological polar surface area (TPSA) is 98.0 Å². The summed E-state index contributed by atoms with van der Waals surface area (Å²) in [5.41, 5.74) is 0.671. The number of non-ortho nitro benzene ring substituents is 1. The Morgan fingerprint density at radius 3 is 2.90 bits per heavy atom. The number of halogens is 1. The molecule has 1 amide bonds. The van der Waals surface area contributed by atoms with Crippen LogP contribution in [0.15, 0.2) is 36.7 Å². The highest BCUT2D eigenvalue weighted by molar-refractivity contribution is 6.29. The maximum absolute atomic E-state index is 11.8. The zero-order valence-electron chi connectivity index (χ0n) is 10.1. The third-order valence-corrected chi connectivity index (χ3v) is 2.59. The van der Waals surface area contributed by atoms with Gasteiger partial charge in [0.15, 0.2) is 0 Å². The fourth-order valence-corrected chi connectivity index (χ4v) is 1.65. The van der Waals surface area contributed by atoms with E-state index < -0.39 is 10.8 Å². The van der Waals surface area contributed by atoms with Gasteiger partial charge in [-0.15, -0.1) is 0 Å². The number of nitrogens with one attached hydrogen (secondary N) is 1. The molecule has 0 saturated heterocycles. The van der Waals surface area contributed by atoms with Crippen molar-refractivity contribution in [3.63, 3.8) is 0 Å². The molecule has 2 aromatic rings. The van der Waals surface area contributed by atoms with Crippen LogP contribution in [-0.2, 0) is 6.54 Å². The number of carbonyl (C=O) groups is 1. The molecule has 0 aliphatic carbocycles. The van der Waals surface area contributed by atoms with Crippen molar-refractivity contribution < 1.29 is 9.72 Å². The van der Waals surface area contributed by atoms with Gasteiger partial charge in [-0.25, -0.2) is 4.98 Å². The summed E-state index contributed by atoms with van der Waals surface area (Å²) in [6, 6.07) is 6.01. The lowest BCUT2D eigenvalue weighted by Gasteiger charge is -2.04. The van der Waals surface area contributed by atoms with Crippen LogP contribution in [0.4, 0.5) is 5.69 Å². The molecule has 1 aromatic heterocycles. The zero-order valence-corrected chi connectivity index (χ0v) is 10.9. The summed E-state index contributed by atoms with van der Waals surface area (Å²) in [5, 5.41) is 13.3. The molecule has 0 fully saturated rings. The van der Waals surface area contributed by atoms with Gasteiger partial charge in [0.05, 0.1) is 17.3 Å². The minimum absolute atomic E-state index is 0.0284. The zero-order chi connectivity index (χ0) is 14.5. The predicted molar refractivity (Wildman–Crippen MR) is 71.3 cm³/mol. The molecule has 7 nitrogen and oxygen atoms in total. The predicted octanol–water partition coefficient (Wildman–Crippen LogP) is 1.97. The van der Waals surface area contributed by atoms with E-state index in [-0.39, 0.29) is 23.1 Å². The van der Waals surface area contributed by atoms with E-state index >= 15 is 0 Å². The SMILES string of the molecule is O=C(NCc1cccc([N+](=O)[O-])c1)c1cncc(Cl)n1. The Hall–Kier alpha value is -2.54. The van der Waals surface area contributed by atoms with Gasteiger partial charge in [-0.3, -0.25) is 19.9 Å². The van der Waals surface area contributed by atoms with E-state index in [0.29, 0.717) is 5.56 Å². The second-order valence-corrected chi connectivity index (χ2v) is 4.22. The number of benzene rings is 1. The van der Waals surface area contributed by atoms with Crippen LogP contribution in [0, 0.1) is 10.1 Å². The van der Waals surface area contributed by atoms with E-state index in [2.05, 4.69) is 15.3 Å². The van der Waals surface area contributed by atoms with Gasteiger partial charge in [-0.05, 0) is 5.56 Å². The number of aromatic nitrogens is 2. The number of nitro groups is 1. The smallest absolute Gasteiger partial charge is 0.271 e. The summed E-state index contributed by atoms with van der Waals surface area (Å²) in [7, 11) is 0. The minimum Gasteiger partial charge on any atom is -0.347 e. The Morgan fingerprint density at radius 2 is 2.20 bits per heavy atom. The molecule has 0 bridgehead atoms. The number of nitrogens with zero attached hydrogens (tertiary/aromatic N) is 3. The number of nitro benzene ring substituents is 1. The van der Waals surface area contributed by atoms with Gasteiger partial charge in [-0.1, -0.05) is 23.7 Å². The van der Waals surface area contributed by atoms with Gasteiger partial charge in [0.25, 0.3) is 11.6 Å². The highest BCUT2D eigenvalue weighted by Crippen LogP contribution is 2.13. The molecule has 0 spiro atoms. The Balaban J connectivity index is 2.03. The first-order valence-electron chi connectivity index (χ1n) is 5.55. The molecule has 0 atom stereocenters. The molecule has 8 heteroatoms. The lowest BCUT2D eigenvalue weighted by molar-refractivity contribution is -0.384. The highest BCUT2D eigenvalue weighted by Gasteiger charge is 2.10. The van der Waals surface area contributed by atoms with E-state index in [1.165, 1.54) is 24.5 Å². The van der Waals surface area contributed by atoms with E-state index in [9.17, 15) is 14.9 Å². The van der Waals surface area contributed by atoms with E-state index in [0.717, 1.165) is 0 Å². The molecule has 0 aliphatic rings. The fraction of sp³-hybridized carbons (Fsp3) is 0.0833. The van der Waals surface area contributed by atoms with Crippen molar-refractivity contribution in [2.24, 2.45) is 0 Å². The van der Waals surface area contributed by atoms with Gasteiger partial charge in [0.1, 0.15) is 10.8 Å². The van der Waals surface area contributed by atoms with Gasteiger partial charge >= 0.3 is 0 Å². The summed E-state index contributed by atoms with van der Waals surface area (Å²) >= 11 is 5.63. The van der Waals surface area contributed by atoms with E-state index in [4.69, 9.17) is 11.6 Å². The maximum atomic E-state index is 11.8. The van der Waals surface area contributed by atoms with Crippen molar-refractivity contribution in [3.05, 3.63) is 63.2 Å². The molecule has 1 N–H and O–H groups in total. The Bertz CT molecular complexity index is 663. The molecular weight excluding hydrogens is 284 g/mol. The number of amides is 1. The normalized spacial score (nSPS) is 10.1. The summed E-state index contributed by atoms with van der Waals surface area (Å²) in [4.78, 5) is 29.5. The van der Waals surface area contributed by atoms with Crippen molar-refractivity contribution in [1.82, 2.24) is 15.3 Å². The largest absolute Gasteiger partial charge is 0.347 e. The average Bonchev–Trinajstić information content (AvgIpc) is 2.45. The number of hydrogen-bond acceptors (Lipinski definition) is 5. The monoisotopic (exact) mass is 292 g/mol. The molecule has 20 heavy (non-hydrogen) atoms. The standard InChI is InChI=1S/C12H9ClN4O3/c13-11-7-14-6-10(16-11)12(18)15-5-8-2-1-3-9(4-8)17(19)20/h1-4,6-7H,5H2,(H,15,18). The molecule has 2 rings (SSSR count). The summed E-state index contributed by atoms with van der Waals surface area (Å²) in [6.45, 7) is 0.148. The van der Waals surface area contributed by atoms with Crippen molar-refractivity contribution >= 4 is 23.2 Å². The second-order valence-electron chi connectivity index (χ2n) is 3.84. The van der Waals surface area contributed by atoms with E-state index in [1.807, 2.05) is 0 Å². The Labute approximate surface area is 118 Å². The third-order valence-electron chi connectivity index (χ3n) is 2.41. The molecule has 1 aromatic carbocycles. The maximum Gasteiger partial charge on any atom is 0.271 e. The number of carbonyl (C=O) groups excluding carboxylic acids is 1. The molecular formula is C12H9ClN4O3. The van der Waals surface area contributed by atoms with Crippen LogP contribution in [0.2, 0.25) is 5.15 Å². The van der Waals surface area contributed by atoms with Crippen LogP contribution in [0.5, 0.6) is 0 Å². The van der Waals surface area contributed by atoms with Crippen LogP contribution < -0.4 is 5.32 Å². The lowest BCUT2D eigenvalue weighted by Crippen LogP contribution is -2.24. The van der Waals surface area contributed by atoms with Crippen LogP contribution in [-0.4, -0.2) is 20.8 Å². The van der Waals surface area contributed by atoms with Crippen LogP contribution in [0.3, 0.4) is 0 Å². The second kappa shape index (κ2) is 6.07. The van der Waals surface area contributed by atoms with Gasteiger partial charge in [-0.2, -0.15) is 0 Å². The van der Waals surface area contributed by atoms with Crippen LogP contribution in [0.25, 0.3) is 0 Å². The first-order chi connectivity index (χ1) is 9.56. The average molecular weight is 293 g/mol. The summed E-state index contributed by atoms with van der Waals surface area (Å²) in [5.74, 6) is -0.452. The van der Waals surface area contributed by atoms with Crippen molar-refractivity contribution in [2.75, 3.05) is 0 Å². The Kier molecular flexibility index (Phi) is 4.21. The third kappa shape index (κ3) is 3.48. The molecule has 0 aliphatic heterocycles. The van der Waals surface area contributed by atoms with Crippen molar-refractivity contribution in [2.45, 2.75) is 6.54 Å². The number of rotatable bonds is 4. The van der Waals surface area contributed by atoms with E-state index in [1.54, 1.807) is 12.1 Å². The fourth-order valence-electron chi connectivity index (χ4n) is 1.50. The summed E-state index contributed by atoms with van der Waals surface area (Å²) < 4.78 is 0. The molecule has 0 radical (unpaired) electrons. The lowest BCUT2D eigenvalue weighted by atomic mass is 10.2. The highest BCUT2D eigenvalue weighted by atomic mass is 35.5. The van der Waals surface area contributed by atoms with Crippen LogP contribution >= 0.6 is 11.6 Å². The first-order valence-corrected chi connectivity index (χ1v) is 5.93. The quantitative estimate of drug-likeness (QED) is 0.686. The Morgan fingerprint density at radius 1 is 1.40 bits per heavy atom. The number of hydrogen-bond donors (Lipinski definition) is 1. The molecule has 0 unspecified atom stereocenters. The minimum atomic E-state index is -0.492. The van der Waals surface area contributed by atoms with Gasteiger partial charge < -0.3 is 5.32 Å². The molecule has 0 saturated carbocycles. The van der Waals surface area contributed by atoms with Crippen LogP contribution in [0.1, 0.15) is 16.1 Å². The molecule has 1 heterocycles. The van der Waals surface area contributed by atoms with Gasteiger partial charge in [0, 0.05) is 18.7 Å². The van der Waals surface area contributed by atoms with Crippen molar-refractivity contribution in [1.29, 1.82) is 0 Å².